The monoisotopic (exact) mass is 295 g/mol. The van der Waals surface area contributed by atoms with Crippen LogP contribution in [0.4, 0.5) is 4.79 Å². The molecule has 7 nitrogen and oxygen atoms in total. The number of carbonyl (C=O) groups is 2. The van der Waals surface area contributed by atoms with Crippen LogP contribution in [0.2, 0.25) is 0 Å². The maximum Gasteiger partial charge on any atom is 0.407 e. The minimum absolute atomic E-state index is 0.282. The lowest BCUT2D eigenvalue weighted by atomic mass is 10.2. The van der Waals surface area contributed by atoms with Gasteiger partial charge in [0.2, 0.25) is 0 Å². The van der Waals surface area contributed by atoms with Crippen molar-refractivity contribution >= 4 is 18.1 Å². The minimum atomic E-state index is -0.533. The van der Waals surface area contributed by atoms with E-state index in [-0.39, 0.29) is 6.54 Å². The fourth-order valence-corrected chi connectivity index (χ4v) is 1.57. The molecule has 0 saturated heterocycles. The van der Waals surface area contributed by atoms with Crippen molar-refractivity contribution in [2.45, 2.75) is 26.4 Å². The molecule has 116 valence electrons. The third-order valence-corrected chi connectivity index (χ3v) is 2.41. The summed E-state index contributed by atoms with van der Waals surface area (Å²) >= 11 is 0. The molecule has 0 bridgehead atoms. The Morgan fingerprint density at radius 2 is 2.10 bits per heavy atom. The molecule has 1 rings (SSSR count). The van der Waals surface area contributed by atoms with Gasteiger partial charge in [0.05, 0.1) is 13.3 Å². The summed E-state index contributed by atoms with van der Waals surface area (Å²) in [5.74, 6) is -0.463. The normalized spacial score (nSPS) is 11.5. The van der Waals surface area contributed by atoms with Crippen LogP contribution >= 0.6 is 0 Å². The van der Waals surface area contributed by atoms with Gasteiger partial charge in [-0.3, -0.25) is 4.68 Å². The number of hydrogen-bond donors (Lipinski definition) is 1. The number of rotatable bonds is 4. The zero-order chi connectivity index (χ0) is 16.0. The van der Waals surface area contributed by atoms with Crippen molar-refractivity contribution in [1.29, 1.82) is 0 Å². The summed E-state index contributed by atoms with van der Waals surface area (Å²) in [6.07, 6.45) is 4.45. The number of carbonyl (C=O) groups excluding carboxylic acids is 2. The predicted molar refractivity (Wildman–Crippen MR) is 77.8 cm³/mol. The van der Waals surface area contributed by atoms with Gasteiger partial charge in [-0.25, -0.2) is 9.59 Å². The number of nitrogens with one attached hydrogen (secondary N) is 1. The molecule has 0 aromatic carbocycles. The molecule has 0 unspecified atom stereocenters. The summed E-state index contributed by atoms with van der Waals surface area (Å²) in [7, 11) is 2.97. The summed E-state index contributed by atoms with van der Waals surface area (Å²) in [5, 5.41) is 6.59. The van der Waals surface area contributed by atoms with Gasteiger partial charge < -0.3 is 14.8 Å². The first kappa shape index (κ1) is 16.7. The molecule has 1 aromatic heterocycles. The minimum Gasteiger partial charge on any atom is -0.464 e. The number of esters is 1. The van der Waals surface area contributed by atoms with E-state index < -0.39 is 17.7 Å². The van der Waals surface area contributed by atoms with E-state index in [1.54, 1.807) is 46.2 Å². The average Bonchev–Trinajstić information content (AvgIpc) is 2.73. The Balaban J connectivity index is 2.59. The topological polar surface area (TPSA) is 82.4 Å². The van der Waals surface area contributed by atoms with Crippen molar-refractivity contribution in [1.82, 2.24) is 15.1 Å². The van der Waals surface area contributed by atoms with Crippen molar-refractivity contribution in [2.24, 2.45) is 7.05 Å². The second-order valence-corrected chi connectivity index (χ2v) is 5.35. The number of alkyl carbamates (subject to hydrolysis) is 1. The Morgan fingerprint density at radius 3 is 2.67 bits per heavy atom. The summed E-state index contributed by atoms with van der Waals surface area (Å²) in [4.78, 5) is 23.0. The van der Waals surface area contributed by atoms with E-state index in [2.05, 4.69) is 10.4 Å². The second kappa shape index (κ2) is 6.92. The van der Waals surface area contributed by atoms with Crippen LogP contribution in [0.1, 0.15) is 36.8 Å². The van der Waals surface area contributed by atoms with E-state index in [1.165, 1.54) is 11.8 Å². The fraction of sp³-hybridized carbons (Fsp3) is 0.500. The van der Waals surface area contributed by atoms with Gasteiger partial charge in [0, 0.05) is 19.2 Å². The largest absolute Gasteiger partial charge is 0.464 e. The van der Waals surface area contributed by atoms with Crippen LogP contribution in [-0.2, 0) is 16.5 Å². The summed E-state index contributed by atoms with van der Waals surface area (Å²) in [6.45, 7) is 5.66. The van der Waals surface area contributed by atoms with Crippen LogP contribution in [0.15, 0.2) is 12.3 Å². The van der Waals surface area contributed by atoms with E-state index in [0.29, 0.717) is 11.3 Å². The van der Waals surface area contributed by atoms with E-state index in [9.17, 15) is 9.59 Å². The first-order valence-electron chi connectivity index (χ1n) is 6.48. The van der Waals surface area contributed by atoms with Crippen molar-refractivity contribution < 1.29 is 19.1 Å². The lowest BCUT2D eigenvalue weighted by Crippen LogP contribution is -2.32. The van der Waals surface area contributed by atoms with E-state index >= 15 is 0 Å². The molecule has 7 heteroatoms. The van der Waals surface area contributed by atoms with Crippen LogP contribution in [0.3, 0.4) is 0 Å². The Hall–Kier alpha value is -2.31. The number of amides is 1. The molecule has 1 heterocycles. The van der Waals surface area contributed by atoms with Gasteiger partial charge >= 0.3 is 12.1 Å². The Morgan fingerprint density at radius 1 is 1.43 bits per heavy atom. The molecule has 0 fully saturated rings. The van der Waals surface area contributed by atoms with Crippen LogP contribution in [0.25, 0.3) is 6.08 Å². The van der Waals surface area contributed by atoms with Crippen molar-refractivity contribution in [2.75, 3.05) is 13.7 Å². The molecule has 0 aliphatic heterocycles. The second-order valence-electron chi connectivity index (χ2n) is 5.35. The highest BCUT2D eigenvalue weighted by molar-refractivity contribution is 5.91. The smallest absolute Gasteiger partial charge is 0.407 e. The van der Waals surface area contributed by atoms with Crippen LogP contribution in [0.5, 0.6) is 0 Å². The Bertz CT molecular complexity index is 541. The zero-order valence-corrected chi connectivity index (χ0v) is 13.0. The number of ether oxygens (including phenoxy) is 2. The number of methoxy groups -OCH3 is 1. The van der Waals surface area contributed by atoms with Gasteiger partial charge in [-0.2, -0.15) is 5.10 Å². The molecule has 1 amide bonds. The van der Waals surface area contributed by atoms with Crippen molar-refractivity contribution in [3.05, 3.63) is 23.5 Å². The van der Waals surface area contributed by atoms with Crippen LogP contribution < -0.4 is 5.32 Å². The number of aromatic nitrogens is 2. The van der Waals surface area contributed by atoms with E-state index in [0.717, 1.165) is 0 Å². The molecule has 0 atom stereocenters. The summed E-state index contributed by atoms with van der Waals surface area (Å²) in [5.41, 5.74) is 0.441. The highest BCUT2D eigenvalue weighted by Crippen LogP contribution is 2.11. The molecule has 0 aliphatic carbocycles. The summed E-state index contributed by atoms with van der Waals surface area (Å²) < 4.78 is 11.2. The maximum absolute atomic E-state index is 11.6. The molecule has 21 heavy (non-hydrogen) atoms. The van der Waals surface area contributed by atoms with Gasteiger partial charge in [0.25, 0.3) is 0 Å². The molecule has 0 radical (unpaired) electrons. The van der Waals surface area contributed by atoms with Crippen LogP contribution in [0, 0.1) is 0 Å². The van der Waals surface area contributed by atoms with Gasteiger partial charge in [-0.05, 0) is 20.8 Å². The number of hydrogen-bond acceptors (Lipinski definition) is 5. The Kier molecular flexibility index (Phi) is 5.52. The molecule has 0 aliphatic rings. The molecule has 0 spiro atoms. The van der Waals surface area contributed by atoms with E-state index in [4.69, 9.17) is 9.47 Å². The number of nitrogens with zero attached hydrogens (tertiary/aromatic N) is 2. The summed E-state index contributed by atoms with van der Waals surface area (Å²) in [6, 6.07) is 0. The number of aryl methyl sites for hydroxylation is 1. The average molecular weight is 295 g/mol. The van der Waals surface area contributed by atoms with Gasteiger partial charge in [0.15, 0.2) is 5.69 Å². The molecular weight excluding hydrogens is 274 g/mol. The van der Waals surface area contributed by atoms with Crippen LogP contribution in [-0.4, -0.2) is 41.1 Å². The van der Waals surface area contributed by atoms with Gasteiger partial charge in [-0.15, -0.1) is 0 Å². The highest BCUT2D eigenvalue weighted by Gasteiger charge is 2.16. The molecular formula is C14H21N3O4. The maximum atomic E-state index is 11.6. The molecule has 1 N–H and O–H groups in total. The van der Waals surface area contributed by atoms with Crippen molar-refractivity contribution in [3.8, 4) is 0 Å². The molecule has 0 saturated carbocycles. The first-order valence-corrected chi connectivity index (χ1v) is 6.48. The highest BCUT2D eigenvalue weighted by atomic mass is 16.6. The third kappa shape index (κ3) is 5.29. The van der Waals surface area contributed by atoms with E-state index in [1.807, 2.05) is 0 Å². The Labute approximate surface area is 123 Å². The first-order chi connectivity index (χ1) is 9.74. The SMILES string of the molecule is COC(=O)c1c(C=CCNC(=O)OC(C)(C)C)cnn1C. The zero-order valence-electron chi connectivity index (χ0n) is 13.0. The predicted octanol–water partition coefficient (Wildman–Crippen LogP) is 1.74. The quantitative estimate of drug-likeness (QED) is 0.856. The lowest BCUT2D eigenvalue weighted by Gasteiger charge is -2.19. The lowest BCUT2D eigenvalue weighted by molar-refractivity contribution is 0.0532. The molecule has 1 aromatic rings. The van der Waals surface area contributed by atoms with Crippen molar-refractivity contribution in [3.63, 3.8) is 0 Å². The third-order valence-electron chi connectivity index (χ3n) is 2.41. The fourth-order valence-electron chi connectivity index (χ4n) is 1.57. The standard InChI is InChI=1S/C14H21N3O4/c1-14(2,3)21-13(19)15-8-6-7-10-9-16-17(4)11(10)12(18)20-5/h6-7,9H,8H2,1-5H3,(H,15,19). The van der Waals surface area contributed by atoms with Gasteiger partial charge in [-0.1, -0.05) is 12.2 Å². The van der Waals surface area contributed by atoms with Gasteiger partial charge in [0.1, 0.15) is 5.60 Å².